The Labute approximate surface area is 203 Å². The Morgan fingerprint density at radius 3 is 1.91 bits per heavy atom. The lowest BCUT2D eigenvalue weighted by atomic mass is 10.1. The number of allylic oxidation sites excluding steroid dienone is 2. The van der Waals surface area contributed by atoms with E-state index in [1.807, 2.05) is 26.0 Å². The maximum absolute atomic E-state index is 5.12. The minimum atomic E-state index is 0.893. The average Bonchev–Trinajstić information content (AvgIpc) is 2.85. The van der Waals surface area contributed by atoms with E-state index in [2.05, 4.69) is 96.8 Å². The van der Waals surface area contributed by atoms with Crippen LogP contribution in [0, 0.1) is 18.8 Å². The number of benzene rings is 1. The van der Waals surface area contributed by atoms with Gasteiger partial charge in [0.1, 0.15) is 5.75 Å². The summed E-state index contributed by atoms with van der Waals surface area (Å²) in [6.07, 6.45) is 16.4. The summed E-state index contributed by atoms with van der Waals surface area (Å²) < 4.78 is 5.12. The summed E-state index contributed by atoms with van der Waals surface area (Å²) >= 11 is 0. The molecule has 0 aromatic heterocycles. The predicted molar refractivity (Wildman–Crippen MR) is 150 cm³/mol. The van der Waals surface area contributed by atoms with Gasteiger partial charge < -0.3 is 15.0 Å². The molecule has 0 aliphatic carbocycles. The topological polar surface area (TPSA) is 24.5 Å². The van der Waals surface area contributed by atoms with Crippen molar-refractivity contribution in [3.8, 4) is 18.6 Å². The van der Waals surface area contributed by atoms with Crippen LogP contribution in [-0.2, 0) is 0 Å². The molecule has 0 saturated heterocycles. The zero-order valence-electron chi connectivity index (χ0n) is 23.4. The zero-order valence-corrected chi connectivity index (χ0v) is 23.4. The van der Waals surface area contributed by atoms with E-state index in [1.165, 1.54) is 50.2 Å². The van der Waals surface area contributed by atoms with Crippen LogP contribution in [0.4, 0.5) is 5.69 Å². The van der Waals surface area contributed by atoms with Gasteiger partial charge in [-0.3, -0.25) is 0 Å². The number of ether oxygens (including phenoxy) is 1. The summed E-state index contributed by atoms with van der Waals surface area (Å²) in [5, 5.41) is 3.40. The highest BCUT2D eigenvalue weighted by molar-refractivity contribution is 5.52. The monoisotopic (exact) mass is 448 g/mol. The summed E-state index contributed by atoms with van der Waals surface area (Å²) in [6.45, 7) is 21.7. The van der Waals surface area contributed by atoms with Gasteiger partial charge in [-0.15, -0.1) is 12.8 Å². The molecule has 1 rings (SSSR count). The summed E-state index contributed by atoms with van der Waals surface area (Å²) in [5.74, 6) is 1.79. The predicted octanol–water partition coefficient (Wildman–Crippen LogP) is 8.56. The molecule has 188 valence electrons. The van der Waals surface area contributed by atoms with Gasteiger partial charge in [0.15, 0.2) is 0 Å². The fourth-order valence-corrected chi connectivity index (χ4v) is 2.30. The minimum absolute atomic E-state index is 0.893. The summed E-state index contributed by atoms with van der Waals surface area (Å²) in [5.41, 5.74) is 2.45. The number of anilines is 1. The van der Waals surface area contributed by atoms with Crippen molar-refractivity contribution in [3.05, 3.63) is 36.0 Å². The lowest BCUT2D eigenvalue weighted by molar-refractivity contribution is 0.415. The van der Waals surface area contributed by atoms with Crippen molar-refractivity contribution in [1.29, 1.82) is 0 Å². The maximum atomic E-state index is 5.12. The SMILES string of the molecule is C#C.CC.CC/C=C(/C)N(C)c1ccc(OC)cc1.CCC.CCCNCCC(C)CC. The van der Waals surface area contributed by atoms with Gasteiger partial charge in [-0.2, -0.15) is 0 Å². The molecule has 0 spiro atoms. The second-order valence-corrected chi connectivity index (χ2v) is 7.27. The first kappa shape index (κ1) is 37.4. The van der Waals surface area contributed by atoms with Gasteiger partial charge in [0.25, 0.3) is 0 Å². The maximum Gasteiger partial charge on any atom is 0.119 e. The van der Waals surface area contributed by atoms with E-state index in [0.717, 1.165) is 18.1 Å². The number of rotatable bonds is 10. The number of hydrogen-bond donors (Lipinski definition) is 1. The first-order valence-corrected chi connectivity index (χ1v) is 12.5. The lowest BCUT2D eigenvalue weighted by Crippen LogP contribution is -2.17. The standard InChI is InChI=1S/C13H19NO.C9H21N.C3H8.C2H6.C2H2/c1-5-6-11(2)14(3)12-7-9-13(15-4)10-8-12;1-4-7-10-8-6-9(3)5-2;1-3-2;2*1-2/h6-10H,5H2,1-4H3;9-10H,4-8H2,1-3H3;3H2,1-2H3;1-2H3;1-2H/b11-6-;;;;. The van der Waals surface area contributed by atoms with Crippen molar-refractivity contribution in [1.82, 2.24) is 5.32 Å². The van der Waals surface area contributed by atoms with Gasteiger partial charge >= 0.3 is 0 Å². The number of hydrogen-bond acceptors (Lipinski definition) is 3. The van der Waals surface area contributed by atoms with Crippen LogP contribution in [0.2, 0.25) is 0 Å². The van der Waals surface area contributed by atoms with Crippen molar-refractivity contribution in [2.45, 2.75) is 94.4 Å². The molecule has 0 radical (unpaired) electrons. The van der Waals surface area contributed by atoms with E-state index in [4.69, 9.17) is 4.74 Å². The van der Waals surface area contributed by atoms with Crippen LogP contribution in [0.5, 0.6) is 5.75 Å². The van der Waals surface area contributed by atoms with Crippen LogP contribution in [0.15, 0.2) is 36.0 Å². The van der Waals surface area contributed by atoms with Crippen molar-refractivity contribution < 1.29 is 4.74 Å². The quantitative estimate of drug-likeness (QED) is 0.286. The molecule has 3 nitrogen and oxygen atoms in total. The van der Waals surface area contributed by atoms with Crippen LogP contribution in [-0.4, -0.2) is 27.2 Å². The fourth-order valence-electron chi connectivity index (χ4n) is 2.30. The Kier molecular flexibility index (Phi) is 36.5. The van der Waals surface area contributed by atoms with Crippen molar-refractivity contribution >= 4 is 5.69 Å². The van der Waals surface area contributed by atoms with Gasteiger partial charge in [-0.25, -0.2) is 0 Å². The zero-order chi connectivity index (χ0) is 25.8. The van der Waals surface area contributed by atoms with Crippen molar-refractivity contribution in [3.63, 3.8) is 0 Å². The summed E-state index contributed by atoms with van der Waals surface area (Å²) in [7, 11) is 3.75. The molecule has 3 heteroatoms. The van der Waals surface area contributed by atoms with Crippen LogP contribution in [0.25, 0.3) is 0 Å². The molecule has 0 heterocycles. The van der Waals surface area contributed by atoms with Crippen LogP contribution in [0.1, 0.15) is 94.4 Å². The van der Waals surface area contributed by atoms with E-state index < -0.39 is 0 Å². The molecule has 1 aromatic carbocycles. The molecule has 1 N–H and O–H groups in total. The number of terminal acetylenes is 1. The Hall–Kier alpha value is -1.92. The van der Waals surface area contributed by atoms with Crippen LogP contribution >= 0.6 is 0 Å². The van der Waals surface area contributed by atoms with E-state index >= 15 is 0 Å². The highest BCUT2D eigenvalue weighted by atomic mass is 16.5. The Balaban J connectivity index is -0.000000200. The lowest BCUT2D eigenvalue weighted by Gasteiger charge is -2.20. The molecule has 1 aromatic rings. The number of methoxy groups -OCH3 is 1. The van der Waals surface area contributed by atoms with Crippen LogP contribution < -0.4 is 15.0 Å². The largest absolute Gasteiger partial charge is 0.497 e. The first-order valence-electron chi connectivity index (χ1n) is 12.5. The smallest absolute Gasteiger partial charge is 0.119 e. The van der Waals surface area contributed by atoms with E-state index in [1.54, 1.807) is 7.11 Å². The fraction of sp³-hybridized carbons (Fsp3) is 0.655. The third kappa shape index (κ3) is 24.4. The van der Waals surface area contributed by atoms with Gasteiger partial charge in [0.2, 0.25) is 0 Å². The summed E-state index contributed by atoms with van der Waals surface area (Å²) in [4.78, 5) is 2.17. The molecule has 1 atom stereocenters. The van der Waals surface area contributed by atoms with Crippen molar-refractivity contribution in [2.24, 2.45) is 5.92 Å². The molecule has 0 amide bonds. The first-order chi connectivity index (χ1) is 15.4. The molecule has 0 aliphatic heterocycles. The second kappa shape index (κ2) is 31.3. The molecular weight excluding hydrogens is 392 g/mol. The molecule has 32 heavy (non-hydrogen) atoms. The van der Waals surface area contributed by atoms with Crippen LogP contribution in [0.3, 0.4) is 0 Å². The number of nitrogens with zero attached hydrogens (tertiary/aromatic N) is 1. The molecule has 1 unspecified atom stereocenters. The molecular formula is C29H56N2O. The minimum Gasteiger partial charge on any atom is -0.497 e. The van der Waals surface area contributed by atoms with E-state index in [-0.39, 0.29) is 0 Å². The molecule has 0 saturated carbocycles. The van der Waals surface area contributed by atoms with E-state index in [9.17, 15) is 0 Å². The highest BCUT2D eigenvalue weighted by Gasteiger charge is 2.01. The third-order valence-corrected chi connectivity index (χ3v) is 4.43. The highest BCUT2D eigenvalue weighted by Crippen LogP contribution is 2.20. The normalized spacial score (nSPS) is 10.3. The van der Waals surface area contributed by atoms with Gasteiger partial charge in [0, 0.05) is 18.4 Å². The third-order valence-electron chi connectivity index (χ3n) is 4.43. The Bertz CT molecular complexity index is 506. The Morgan fingerprint density at radius 1 is 1.03 bits per heavy atom. The molecule has 0 aliphatic rings. The van der Waals surface area contributed by atoms with Gasteiger partial charge in [-0.05, 0) is 69.5 Å². The van der Waals surface area contributed by atoms with Crippen molar-refractivity contribution in [2.75, 3.05) is 32.1 Å². The van der Waals surface area contributed by atoms with Gasteiger partial charge in [-0.1, -0.05) is 74.3 Å². The van der Waals surface area contributed by atoms with E-state index in [0.29, 0.717) is 0 Å². The molecule has 0 fully saturated rings. The Morgan fingerprint density at radius 2 is 1.53 bits per heavy atom. The summed E-state index contributed by atoms with van der Waals surface area (Å²) in [6, 6.07) is 8.08. The molecule has 0 bridgehead atoms. The number of nitrogens with one attached hydrogen (secondary N) is 1. The average molecular weight is 449 g/mol. The second-order valence-electron chi connectivity index (χ2n) is 7.27. The van der Waals surface area contributed by atoms with Gasteiger partial charge in [0.05, 0.1) is 7.11 Å².